The maximum absolute atomic E-state index is 12.2. The second kappa shape index (κ2) is 6.06. The SMILES string of the molecule is CCOc1ccc(C2(C(=O)NN)CCCCC2)cc1. The number of carbonyl (C=O) groups excluding carboxylic acids is 1. The van der Waals surface area contributed by atoms with Gasteiger partial charge in [0, 0.05) is 0 Å². The van der Waals surface area contributed by atoms with E-state index in [2.05, 4.69) is 5.43 Å². The molecule has 19 heavy (non-hydrogen) atoms. The lowest BCUT2D eigenvalue weighted by Gasteiger charge is -2.35. The zero-order chi connectivity index (χ0) is 13.7. The molecule has 104 valence electrons. The van der Waals surface area contributed by atoms with Gasteiger partial charge in [0.25, 0.3) is 0 Å². The van der Waals surface area contributed by atoms with Crippen molar-refractivity contribution in [1.82, 2.24) is 5.43 Å². The molecule has 1 fully saturated rings. The molecule has 0 aromatic heterocycles. The van der Waals surface area contributed by atoms with Gasteiger partial charge >= 0.3 is 0 Å². The van der Waals surface area contributed by atoms with E-state index in [1.807, 2.05) is 31.2 Å². The van der Waals surface area contributed by atoms with E-state index in [9.17, 15) is 4.79 Å². The van der Waals surface area contributed by atoms with Gasteiger partial charge in [-0.3, -0.25) is 10.2 Å². The van der Waals surface area contributed by atoms with E-state index in [0.29, 0.717) is 6.61 Å². The first kappa shape index (κ1) is 13.9. The summed E-state index contributed by atoms with van der Waals surface area (Å²) in [5.74, 6) is 6.14. The first-order valence-corrected chi connectivity index (χ1v) is 6.97. The highest BCUT2D eigenvalue weighted by atomic mass is 16.5. The van der Waals surface area contributed by atoms with Crippen molar-refractivity contribution in [3.63, 3.8) is 0 Å². The molecule has 1 aromatic rings. The van der Waals surface area contributed by atoms with Crippen molar-refractivity contribution in [2.24, 2.45) is 5.84 Å². The van der Waals surface area contributed by atoms with E-state index in [1.54, 1.807) is 0 Å². The van der Waals surface area contributed by atoms with Crippen LogP contribution in [0.15, 0.2) is 24.3 Å². The minimum atomic E-state index is -0.461. The summed E-state index contributed by atoms with van der Waals surface area (Å²) in [5, 5.41) is 0. The number of rotatable bonds is 4. The number of amides is 1. The fourth-order valence-electron chi connectivity index (χ4n) is 2.98. The molecule has 0 atom stereocenters. The molecule has 0 aliphatic heterocycles. The molecule has 0 bridgehead atoms. The number of hydrogen-bond acceptors (Lipinski definition) is 3. The Bertz CT molecular complexity index is 422. The highest BCUT2D eigenvalue weighted by Crippen LogP contribution is 2.40. The second-order valence-corrected chi connectivity index (χ2v) is 5.07. The van der Waals surface area contributed by atoms with E-state index in [-0.39, 0.29) is 5.91 Å². The third-order valence-electron chi connectivity index (χ3n) is 3.99. The minimum Gasteiger partial charge on any atom is -0.494 e. The van der Waals surface area contributed by atoms with Gasteiger partial charge in [0.15, 0.2) is 0 Å². The Morgan fingerprint density at radius 2 is 1.89 bits per heavy atom. The molecule has 0 heterocycles. The molecule has 4 heteroatoms. The highest BCUT2D eigenvalue weighted by Gasteiger charge is 2.40. The molecule has 2 rings (SSSR count). The summed E-state index contributed by atoms with van der Waals surface area (Å²) in [6.07, 6.45) is 5.06. The lowest BCUT2D eigenvalue weighted by Crippen LogP contribution is -2.48. The molecule has 4 nitrogen and oxygen atoms in total. The van der Waals surface area contributed by atoms with Crippen molar-refractivity contribution in [3.8, 4) is 5.75 Å². The average molecular weight is 262 g/mol. The largest absolute Gasteiger partial charge is 0.494 e. The van der Waals surface area contributed by atoms with Crippen molar-refractivity contribution in [1.29, 1.82) is 0 Å². The van der Waals surface area contributed by atoms with Crippen LogP contribution in [-0.4, -0.2) is 12.5 Å². The van der Waals surface area contributed by atoms with Gasteiger partial charge in [0.1, 0.15) is 5.75 Å². The Kier molecular flexibility index (Phi) is 4.43. The summed E-state index contributed by atoms with van der Waals surface area (Å²) in [6.45, 7) is 2.60. The van der Waals surface area contributed by atoms with Crippen molar-refractivity contribution < 1.29 is 9.53 Å². The van der Waals surface area contributed by atoms with Gasteiger partial charge in [-0.2, -0.15) is 0 Å². The summed E-state index contributed by atoms with van der Waals surface area (Å²) in [6, 6.07) is 7.84. The van der Waals surface area contributed by atoms with Crippen LogP contribution in [0.5, 0.6) is 5.75 Å². The first-order valence-electron chi connectivity index (χ1n) is 6.97. The predicted octanol–water partition coefficient (Wildman–Crippen LogP) is 2.28. The van der Waals surface area contributed by atoms with Crippen molar-refractivity contribution in [2.45, 2.75) is 44.4 Å². The molecule has 1 aromatic carbocycles. The highest BCUT2D eigenvalue weighted by molar-refractivity contribution is 5.87. The second-order valence-electron chi connectivity index (χ2n) is 5.07. The van der Waals surface area contributed by atoms with Gasteiger partial charge in [0.05, 0.1) is 12.0 Å². The van der Waals surface area contributed by atoms with Crippen molar-refractivity contribution >= 4 is 5.91 Å². The molecule has 1 saturated carbocycles. The van der Waals surface area contributed by atoms with Crippen LogP contribution in [0, 0.1) is 0 Å². The summed E-state index contributed by atoms with van der Waals surface area (Å²) in [4.78, 5) is 12.2. The van der Waals surface area contributed by atoms with Crippen LogP contribution in [0.1, 0.15) is 44.6 Å². The number of hydrazine groups is 1. The molecular weight excluding hydrogens is 240 g/mol. The number of ether oxygens (including phenoxy) is 1. The summed E-state index contributed by atoms with van der Waals surface area (Å²) < 4.78 is 5.44. The van der Waals surface area contributed by atoms with Gasteiger partial charge in [-0.1, -0.05) is 31.4 Å². The maximum Gasteiger partial charge on any atom is 0.244 e. The molecular formula is C15H22N2O2. The van der Waals surface area contributed by atoms with Crippen LogP contribution in [0.4, 0.5) is 0 Å². The van der Waals surface area contributed by atoms with Crippen LogP contribution in [0.25, 0.3) is 0 Å². The number of nitrogens with one attached hydrogen (secondary N) is 1. The molecule has 0 radical (unpaired) electrons. The molecule has 0 unspecified atom stereocenters. The standard InChI is InChI=1S/C15H22N2O2/c1-2-19-13-8-6-12(7-9-13)15(14(18)17-16)10-4-3-5-11-15/h6-9H,2-5,10-11,16H2,1H3,(H,17,18). The monoisotopic (exact) mass is 262 g/mol. The molecule has 0 saturated heterocycles. The van der Waals surface area contributed by atoms with Crippen LogP contribution in [-0.2, 0) is 10.2 Å². The van der Waals surface area contributed by atoms with E-state index >= 15 is 0 Å². The van der Waals surface area contributed by atoms with Crippen molar-refractivity contribution in [3.05, 3.63) is 29.8 Å². The maximum atomic E-state index is 12.2. The lowest BCUT2D eigenvalue weighted by molar-refractivity contribution is -0.128. The summed E-state index contributed by atoms with van der Waals surface area (Å²) >= 11 is 0. The number of carbonyl (C=O) groups is 1. The molecule has 0 spiro atoms. The van der Waals surface area contributed by atoms with Gasteiger partial charge in [0.2, 0.25) is 5.91 Å². The van der Waals surface area contributed by atoms with Crippen LogP contribution >= 0.6 is 0 Å². The predicted molar refractivity (Wildman–Crippen MR) is 74.7 cm³/mol. The third kappa shape index (κ3) is 2.73. The fourth-order valence-corrected chi connectivity index (χ4v) is 2.98. The van der Waals surface area contributed by atoms with Gasteiger partial charge in [-0.25, -0.2) is 5.84 Å². The van der Waals surface area contributed by atoms with E-state index in [0.717, 1.165) is 37.0 Å². The van der Waals surface area contributed by atoms with Crippen LogP contribution in [0.3, 0.4) is 0 Å². The Hall–Kier alpha value is -1.55. The summed E-state index contributed by atoms with van der Waals surface area (Å²) in [7, 11) is 0. The van der Waals surface area contributed by atoms with Gasteiger partial charge < -0.3 is 4.74 Å². The Morgan fingerprint density at radius 3 is 2.42 bits per heavy atom. The number of benzene rings is 1. The molecule has 1 aliphatic carbocycles. The van der Waals surface area contributed by atoms with Gasteiger partial charge in [-0.15, -0.1) is 0 Å². The van der Waals surface area contributed by atoms with Gasteiger partial charge in [-0.05, 0) is 37.5 Å². The zero-order valence-electron chi connectivity index (χ0n) is 11.4. The number of hydrogen-bond donors (Lipinski definition) is 2. The Labute approximate surface area is 114 Å². The van der Waals surface area contributed by atoms with E-state index < -0.39 is 5.41 Å². The van der Waals surface area contributed by atoms with E-state index in [1.165, 1.54) is 6.42 Å². The van der Waals surface area contributed by atoms with Crippen LogP contribution in [0.2, 0.25) is 0 Å². The van der Waals surface area contributed by atoms with Crippen LogP contribution < -0.4 is 16.0 Å². The number of nitrogens with two attached hydrogens (primary N) is 1. The summed E-state index contributed by atoms with van der Waals surface area (Å²) in [5.41, 5.74) is 2.92. The Balaban J connectivity index is 2.29. The minimum absolute atomic E-state index is 0.0728. The van der Waals surface area contributed by atoms with Crippen molar-refractivity contribution in [2.75, 3.05) is 6.61 Å². The average Bonchev–Trinajstić information content (AvgIpc) is 2.48. The normalized spacial score (nSPS) is 17.8. The molecule has 3 N–H and O–H groups in total. The molecule has 1 amide bonds. The fraction of sp³-hybridized carbons (Fsp3) is 0.533. The Morgan fingerprint density at radius 1 is 1.26 bits per heavy atom. The first-order chi connectivity index (χ1) is 9.23. The molecule has 1 aliphatic rings. The lowest BCUT2D eigenvalue weighted by atomic mass is 9.69. The zero-order valence-corrected chi connectivity index (χ0v) is 11.4. The van der Waals surface area contributed by atoms with E-state index in [4.69, 9.17) is 10.6 Å². The smallest absolute Gasteiger partial charge is 0.244 e. The topological polar surface area (TPSA) is 64.3 Å². The quantitative estimate of drug-likeness (QED) is 0.497. The third-order valence-corrected chi connectivity index (χ3v) is 3.99.